The number of nitrogens with one attached hydrogen (secondary N) is 3. The number of benzene rings is 2. The van der Waals surface area contributed by atoms with E-state index in [1.54, 1.807) is 24.3 Å². The van der Waals surface area contributed by atoms with Gasteiger partial charge in [0.15, 0.2) is 0 Å². The van der Waals surface area contributed by atoms with E-state index < -0.39 is 0 Å². The average molecular weight is 341 g/mol. The van der Waals surface area contributed by atoms with Gasteiger partial charge in [-0.25, -0.2) is 4.79 Å². The Morgan fingerprint density at radius 2 is 1.68 bits per heavy atom. The van der Waals surface area contributed by atoms with Gasteiger partial charge in [-0.05, 0) is 55.3 Å². The van der Waals surface area contributed by atoms with Crippen molar-refractivity contribution in [3.8, 4) is 5.75 Å². The van der Waals surface area contributed by atoms with Gasteiger partial charge in [0.25, 0.3) is 0 Å². The maximum atomic E-state index is 11.9. The number of amides is 3. The van der Waals surface area contributed by atoms with E-state index in [9.17, 15) is 9.59 Å². The van der Waals surface area contributed by atoms with Crippen LogP contribution in [-0.2, 0) is 4.79 Å². The molecule has 0 aliphatic carbocycles. The van der Waals surface area contributed by atoms with E-state index in [0.717, 1.165) is 5.75 Å². The molecule has 0 aliphatic rings. The molecule has 0 aliphatic heterocycles. The number of hydrogen-bond acceptors (Lipinski definition) is 3. The van der Waals surface area contributed by atoms with Crippen LogP contribution in [0.2, 0.25) is 0 Å². The van der Waals surface area contributed by atoms with Crippen molar-refractivity contribution < 1.29 is 14.3 Å². The summed E-state index contributed by atoms with van der Waals surface area (Å²) in [6, 6.07) is 12.5. The number of urea groups is 1. The molecule has 3 N–H and O–H groups in total. The SMILES string of the molecule is CC(=O)Nc1cccc(NC(=O)NCCOc2ccc(C)c(C)c2)c1. The Morgan fingerprint density at radius 1 is 0.960 bits per heavy atom. The molecule has 25 heavy (non-hydrogen) atoms. The zero-order valence-electron chi connectivity index (χ0n) is 14.7. The van der Waals surface area contributed by atoms with Crippen molar-refractivity contribution in [2.24, 2.45) is 0 Å². The van der Waals surface area contributed by atoms with Gasteiger partial charge in [0.05, 0.1) is 6.54 Å². The fraction of sp³-hybridized carbons (Fsp3) is 0.263. The lowest BCUT2D eigenvalue weighted by molar-refractivity contribution is -0.114. The van der Waals surface area contributed by atoms with E-state index in [-0.39, 0.29) is 11.9 Å². The normalized spacial score (nSPS) is 10.0. The first-order chi connectivity index (χ1) is 11.9. The van der Waals surface area contributed by atoms with Crippen LogP contribution in [0.5, 0.6) is 5.75 Å². The van der Waals surface area contributed by atoms with Crippen molar-refractivity contribution in [2.75, 3.05) is 23.8 Å². The van der Waals surface area contributed by atoms with Crippen LogP contribution in [0.4, 0.5) is 16.2 Å². The molecule has 6 heteroatoms. The second-order valence-corrected chi connectivity index (χ2v) is 5.74. The number of hydrogen-bond donors (Lipinski definition) is 3. The lowest BCUT2D eigenvalue weighted by Crippen LogP contribution is -2.32. The summed E-state index contributed by atoms with van der Waals surface area (Å²) in [4.78, 5) is 22.9. The molecule has 0 bridgehead atoms. The molecule has 0 heterocycles. The number of rotatable bonds is 6. The monoisotopic (exact) mass is 341 g/mol. The lowest BCUT2D eigenvalue weighted by Gasteiger charge is -2.11. The Balaban J connectivity index is 1.75. The first-order valence-electron chi connectivity index (χ1n) is 8.06. The van der Waals surface area contributed by atoms with Crippen molar-refractivity contribution in [1.82, 2.24) is 5.32 Å². The highest BCUT2D eigenvalue weighted by molar-refractivity contribution is 5.92. The number of ether oxygens (including phenoxy) is 1. The third-order valence-corrected chi connectivity index (χ3v) is 3.58. The molecule has 0 unspecified atom stereocenters. The molecule has 2 rings (SSSR count). The van der Waals surface area contributed by atoms with E-state index in [1.165, 1.54) is 18.1 Å². The van der Waals surface area contributed by atoms with Gasteiger partial charge in [-0.3, -0.25) is 4.79 Å². The number of aryl methyl sites for hydroxylation is 2. The van der Waals surface area contributed by atoms with Crippen molar-refractivity contribution in [1.29, 1.82) is 0 Å². The largest absolute Gasteiger partial charge is 0.492 e. The highest BCUT2D eigenvalue weighted by atomic mass is 16.5. The Morgan fingerprint density at radius 3 is 2.36 bits per heavy atom. The van der Waals surface area contributed by atoms with Crippen LogP contribution in [0.3, 0.4) is 0 Å². The van der Waals surface area contributed by atoms with Gasteiger partial charge in [-0.15, -0.1) is 0 Å². The van der Waals surface area contributed by atoms with E-state index in [1.807, 2.05) is 32.0 Å². The molecule has 0 saturated heterocycles. The highest BCUT2D eigenvalue weighted by Gasteiger charge is 2.03. The summed E-state index contributed by atoms with van der Waals surface area (Å²) in [5.41, 5.74) is 3.61. The molecule has 132 valence electrons. The summed E-state index contributed by atoms with van der Waals surface area (Å²) < 4.78 is 5.62. The van der Waals surface area contributed by atoms with Gasteiger partial charge in [-0.2, -0.15) is 0 Å². The molecule has 2 aromatic rings. The quantitative estimate of drug-likeness (QED) is 0.704. The molecule has 0 saturated carbocycles. The van der Waals surface area contributed by atoms with E-state index in [0.29, 0.717) is 24.5 Å². The molecule has 0 spiro atoms. The van der Waals surface area contributed by atoms with Crippen LogP contribution >= 0.6 is 0 Å². The molecular weight excluding hydrogens is 318 g/mol. The summed E-state index contributed by atoms with van der Waals surface area (Å²) in [7, 11) is 0. The van der Waals surface area contributed by atoms with Crippen LogP contribution < -0.4 is 20.7 Å². The highest BCUT2D eigenvalue weighted by Crippen LogP contribution is 2.16. The summed E-state index contributed by atoms with van der Waals surface area (Å²) in [6.45, 7) is 6.27. The van der Waals surface area contributed by atoms with Gasteiger partial charge < -0.3 is 20.7 Å². The van der Waals surface area contributed by atoms with Crippen molar-refractivity contribution >= 4 is 23.3 Å². The van der Waals surface area contributed by atoms with Gasteiger partial charge in [0, 0.05) is 18.3 Å². The van der Waals surface area contributed by atoms with Gasteiger partial charge in [0.1, 0.15) is 12.4 Å². The predicted octanol–water partition coefficient (Wildman–Crippen LogP) is 3.46. The fourth-order valence-corrected chi connectivity index (χ4v) is 2.19. The standard InChI is InChI=1S/C19H23N3O3/c1-13-7-8-18(11-14(13)2)25-10-9-20-19(24)22-17-6-4-5-16(12-17)21-15(3)23/h4-8,11-12H,9-10H2,1-3H3,(H,21,23)(H2,20,22,24). The van der Waals surface area contributed by atoms with E-state index in [4.69, 9.17) is 4.74 Å². The minimum Gasteiger partial charge on any atom is -0.492 e. The van der Waals surface area contributed by atoms with Crippen LogP contribution in [0.25, 0.3) is 0 Å². The number of anilines is 2. The maximum absolute atomic E-state index is 11.9. The van der Waals surface area contributed by atoms with Gasteiger partial charge in [0.2, 0.25) is 5.91 Å². The topological polar surface area (TPSA) is 79.5 Å². The van der Waals surface area contributed by atoms with E-state index >= 15 is 0 Å². The Kier molecular flexibility index (Phi) is 6.39. The second kappa shape index (κ2) is 8.73. The third-order valence-electron chi connectivity index (χ3n) is 3.58. The second-order valence-electron chi connectivity index (χ2n) is 5.74. The summed E-state index contributed by atoms with van der Waals surface area (Å²) in [5.74, 6) is 0.624. The molecule has 0 atom stereocenters. The summed E-state index contributed by atoms with van der Waals surface area (Å²) in [5, 5.41) is 8.11. The Labute approximate surface area is 147 Å². The number of carbonyl (C=O) groups is 2. The van der Waals surface area contributed by atoms with Crippen molar-refractivity contribution in [3.05, 3.63) is 53.6 Å². The van der Waals surface area contributed by atoms with E-state index in [2.05, 4.69) is 16.0 Å². The maximum Gasteiger partial charge on any atom is 0.319 e. The van der Waals surface area contributed by atoms with Crippen LogP contribution in [-0.4, -0.2) is 25.1 Å². The zero-order valence-corrected chi connectivity index (χ0v) is 14.7. The minimum absolute atomic E-state index is 0.162. The van der Waals surface area contributed by atoms with Crippen LogP contribution in [0.1, 0.15) is 18.1 Å². The molecular formula is C19H23N3O3. The van der Waals surface area contributed by atoms with Crippen LogP contribution in [0, 0.1) is 13.8 Å². The molecule has 0 radical (unpaired) electrons. The minimum atomic E-state index is -0.330. The van der Waals surface area contributed by atoms with Crippen molar-refractivity contribution in [2.45, 2.75) is 20.8 Å². The first kappa shape index (κ1) is 18.3. The zero-order chi connectivity index (χ0) is 18.2. The third kappa shape index (κ3) is 6.18. The van der Waals surface area contributed by atoms with Crippen LogP contribution in [0.15, 0.2) is 42.5 Å². The Hall–Kier alpha value is -3.02. The molecule has 0 fully saturated rings. The first-order valence-corrected chi connectivity index (χ1v) is 8.06. The summed E-state index contributed by atoms with van der Waals surface area (Å²) >= 11 is 0. The number of carbonyl (C=O) groups excluding carboxylic acids is 2. The average Bonchev–Trinajstić information content (AvgIpc) is 2.54. The molecule has 6 nitrogen and oxygen atoms in total. The smallest absolute Gasteiger partial charge is 0.319 e. The predicted molar refractivity (Wildman–Crippen MR) is 99.2 cm³/mol. The fourth-order valence-electron chi connectivity index (χ4n) is 2.19. The molecule has 0 aromatic heterocycles. The van der Waals surface area contributed by atoms with Gasteiger partial charge >= 0.3 is 6.03 Å². The van der Waals surface area contributed by atoms with Gasteiger partial charge in [-0.1, -0.05) is 12.1 Å². The molecule has 2 aromatic carbocycles. The Bertz CT molecular complexity index is 759. The summed E-state index contributed by atoms with van der Waals surface area (Å²) in [6.07, 6.45) is 0. The lowest BCUT2D eigenvalue weighted by atomic mass is 10.1. The molecule has 3 amide bonds. The van der Waals surface area contributed by atoms with Crippen molar-refractivity contribution in [3.63, 3.8) is 0 Å².